The third-order valence-electron chi connectivity index (χ3n) is 8.14. The molecule has 6 atom stereocenters. The highest BCUT2D eigenvalue weighted by Crippen LogP contribution is 2.41. The van der Waals surface area contributed by atoms with Gasteiger partial charge in [-0.15, -0.1) is 13.2 Å². The molecule has 0 heterocycles. The zero-order valence-corrected chi connectivity index (χ0v) is 25.8. The van der Waals surface area contributed by atoms with Crippen LogP contribution in [0.25, 0.3) is 0 Å². The minimum Gasteiger partial charge on any atom is -0.413 e. The molecule has 0 saturated heterocycles. The molecule has 0 aromatic carbocycles. The zero-order chi connectivity index (χ0) is 25.9. The van der Waals surface area contributed by atoms with Gasteiger partial charge in [0.2, 0.25) is 0 Å². The van der Waals surface area contributed by atoms with Crippen LogP contribution < -0.4 is 0 Å². The Morgan fingerprint density at radius 2 is 0.938 bits per heavy atom. The third-order valence-corrected chi connectivity index (χ3v) is 17.1. The van der Waals surface area contributed by atoms with E-state index in [-0.39, 0.29) is 51.7 Å². The average Bonchev–Trinajstić information content (AvgIpc) is 2.65. The van der Waals surface area contributed by atoms with Gasteiger partial charge in [0.25, 0.3) is 0 Å². The van der Waals surface area contributed by atoms with E-state index in [1.54, 1.807) is 0 Å². The highest BCUT2D eigenvalue weighted by molar-refractivity contribution is 6.74. The lowest BCUT2D eigenvalue weighted by molar-refractivity contribution is -0.133. The van der Waals surface area contributed by atoms with Crippen molar-refractivity contribution in [2.45, 2.75) is 118 Å². The Morgan fingerprint density at radius 1 is 0.688 bits per heavy atom. The van der Waals surface area contributed by atoms with Gasteiger partial charge in [-0.25, -0.2) is 0 Å². The van der Waals surface area contributed by atoms with Gasteiger partial charge in [0.1, 0.15) is 5.78 Å². The van der Waals surface area contributed by atoms with E-state index in [1.165, 1.54) is 0 Å². The molecule has 0 saturated carbocycles. The molecule has 0 spiro atoms. The molecule has 0 aromatic rings. The van der Waals surface area contributed by atoms with Crippen molar-refractivity contribution in [2.24, 2.45) is 23.7 Å². The van der Waals surface area contributed by atoms with Crippen molar-refractivity contribution in [3.63, 3.8) is 0 Å². The number of ketones is 1. The van der Waals surface area contributed by atoms with Crippen LogP contribution in [-0.4, -0.2) is 34.6 Å². The summed E-state index contributed by atoms with van der Waals surface area (Å²) in [6.07, 6.45) is 3.47. The molecule has 0 fully saturated rings. The van der Waals surface area contributed by atoms with Crippen LogP contribution in [0.4, 0.5) is 0 Å². The third kappa shape index (κ3) is 7.78. The van der Waals surface area contributed by atoms with Gasteiger partial charge in [0, 0.05) is 11.8 Å². The predicted octanol–water partition coefficient (Wildman–Crippen LogP) is 8.25. The van der Waals surface area contributed by atoms with Gasteiger partial charge in [-0.2, -0.15) is 0 Å². The number of carbonyl (C=O) groups excluding carboxylic acids is 1. The van der Waals surface area contributed by atoms with Crippen LogP contribution in [0, 0.1) is 23.7 Å². The Bertz CT molecular complexity index is 586. The standard InChI is InChI=1S/C27H54O3Si2/c1-17-19(3)24(29-31(13,14)26(7,8)9)21(5)23(28)22(6)25(20(4)18-2)30-32(15,16)27(10,11)12/h17-22,24-25H,1-2H2,3-16H3/t19-,20-,21-,22+,24+,25+/m1/s1. The fourth-order valence-electron chi connectivity index (χ4n) is 3.37. The molecule has 32 heavy (non-hydrogen) atoms. The van der Waals surface area contributed by atoms with Crippen LogP contribution in [0.5, 0.6) is 0 Å². The van der Waals surface area contributed by atoms with E-state index in [0.717, 1.165) is 0 Å². The summed E-state index contributed by atoms with van der Waals surface area (Å²) >= 11 is 0. The second kappa shape index (κ2) is 11.3. The summed E-state index contributed by atoms with van der Waals surface area (Å²) in [6.45, 7) is 38.7. The van der Waals surface area contributed by atoms with E-state index in [0.29, 0.717) is 0 Å². The predicted molar refractivity (Wildman–Crippen MR) is 146 cm³/mol. The highest BCUT2D eigenvalue weighted by Gasteiger charge is 2.45. The van der Waals surface area contributed by atoms with Crippen molar-refractivity contribution < 1.29 is 13.6 Å². The minimum absolute atomic E-state index is 0.0753. The first-order valence-corrected chi connectivity index (χ1v) is 18.1. The van der Waals surface area contributed by atoms with Crippen molar-refractivity contribution in [2.75, 3.05) is 0 Å². The molecular formula is C27H54O3Si2. The normalized spacial score (nSPS) is 19.4. The molecule has 0 amide bonds. The summed E-state index contributed by atoms with van der Waals surface area (Å²) in [5.41, 5.74) is 0. The van der Waals surface area contributed by atoms with Gasteiger partial charge in [0.15, 0.2) is 16.6 Å². The lowest BCUT2D eigenvalue weighted by atomic mass is 9.81. The molecule has 0 aliphatic rings. The van der Waals surface area contributed by atoms with Crippen molar-refractivity contribution >= 4 is 22.4 Å². The molecule has 188 valence electrons. The summed E-state index contributed by atoms with van der Waals surface area (Å²) < 4.78 is 13.6. The lowest BCUT2D eigenvalue weighted by Crippen LogP contribution is -2.51. The van der Waals surface area contributed by atoms with E-state index in [9.17, 15) is 4.79 Å². The maximum atomic E-state index is 13.8. The first kappa shape index (κ1) is 31.5. The molecule has 0 rings (SSSR count). The molecule has 0 radical (unpaired) electrons. The fourth-order valence-corrected chi connectivity index (χ4v) is 6.28. The van der Waals surface area contributed by atoms with Gasteiger partial charge in [-0.05, 0) is 48.1 Å². The monoisotopic (exact) mass is 482 g/mol. The maximum Gasteiger partial charge on any atom is 0.192 e. The Labute approximate surface area is 202 Å². The molecule has 0 unspecified atom stereocenters. The van der Waals surface area contributed by atoms with Gasteiger partial charge in [-0.1, -0.05) is 81.4 Å². The van der Waals surface area contributed by atoms with Crippen molar-refractivity contribution in [1.82, 2.24) is 0 Å². The Morgan fingerprint density at radius 3 is 1.12 bits per heavy atom. The second-order valence-electron chi connectivity index (χ2n) is 12.9. The molecule has 0 N–H and O–H groups in total. The van der Waals surface area contributed by atoms with Gasteiger partial charge < -0.3 is 8.85 Å². The average molecular weight is 483 g/mol. The number of hydrogen-bond donors (Lipinski definition) is 0. The SMILES string of the molecule is C=C[C@@H](C)[C@H](O[Si](C)(C)C(C)(C)C)[C@H](C)C(=O)[C@H](C)[C@@H](O[Si](C)(C)C(C)(C)C)[C@H](C)C=C. The van der Waals surface area contributed by atoms with Crippen LogP contribution in [0.15, 0.2) is 25.3 Å². The number of Topliss-reactive ketones (excluding diaryl/α,β-unsaturated/α-hetero) is 1. The van der Waals surface area contributed by atoms with E-state index in [1.807, 2.05) is 26.0 Å². The number of hydrogen-bond acceptors (Lipinski definition) is 3. The van der Waals surface area contributed by atoms with E-state index < -0.39 is 16.6 Å². The first-order valence-electron chi connectivity index (χ1n) is 12.3. The summed E-state index contributed by atoms with van der Waals surface area (Å²) in [7, 11) is -4.10. The molecule has 5 heteroatoms. The Hall–Kier alpha value is -0.496. The fraction of sp³-hybridized carbons (Fsp3) is 0.815. The molecule has 0 aromatic heterocycles. The lowest BCUT2D eigenvalue weighted by Gasteiger charge is -2.44. The van der Waals surface area contributed by atoms with Gasteiger partial charge in [-0.3, -0.25) is 4.79 Å². The Kier molecular flexibility index (Phi) is 11.1. The first-order chi connectivity index (χ1) is 14.1. The maximum absolute atomic E-state index is 13.8. The van der Waals surface area contributed by atoms with E-state index in [2.05, 4.69) is 94.7 Å². The summed E-state index contributed by atoms with van der Waals surface area (Å²) in [5, 5.41) is 0.151. The number of rotatable bonds is 12. The number of carbonyl (C=O) groups is 1. The molecule has 0 aliphatic heterocycles. The van der Waals surface area contributed by atoms with Crippen molar-refractivity contribution in [3.8, 4) is 0 Å². The van der Waals surface area contributed by atoms with Crippen LogP contribution >= 0.6 is 0 Å². The largest absolute Gasteiger partial charge is 0.413 e. The quantitative estimate of drug-likeness (QED) is 0.207. The zero-order valence-electron chi connectivity index (χ0n) is 23.8. The molecule has 3 nitrogen and oxygen atoms in total. The minimum atomic E-state index is -2.05. The summed E-state index contributed by atoms with van der Waals surface area (Å²) in [4.78, 5) is 13.8. The van der Waals surface area contributed by atoms with E-state index >= 15 is 0 Å². The van der Waals surface area contributed by atoms with Crippen LogP contribution in [0.3, 0.4) is 0 Å². The van der Waals surface area contributed by atoms with Gasteiger partial charge >= 0.3 is 0 Å². The molecule has 0 aliphatic carbocycles. The highest BCUT2D eigenvalue weighted by atomic mass is 28.4. The second-order valence-corrected chi connectivity index (χ2v) is 22.4. The van der Waals surface area contributed by atoms with Crippen molar-refractivity contribution in [1.29, 1.82) is 0 Å². The summed E-state index contributed by atoms with van der Waals surface area (Å²) in [5.74, 6) is -0.0946. The molecule has 0 bridgehead atoms. The van der Waals surface area contributed by atoms with E-state index in [4.69, 9.17) is 8.85 Å². The van der Waals surface area contributed by atoms with Crippen LogP contribution in [0.1, 0.15) is 69.2 Å². The summed E-state index contributed by atoms with van der Waals surface area (Å²) in [6, 6.07) is 0. The van der Waals surface area contributed by atoms with Crippen LogP contribution in [-0.2, 0) is 13.6 Å². The Balaban J connectivity index is 6.02. The van der Waals surface area contributed by atoms with Gasteiger partial charge in [0.05, 0.1) is 12.2 Å². The molecular weight excluding hydrogens is 428 g/mol. The van der Waals surface area contributed by atoms with Crippen LogP contribution in [0.2, 0.25) is 36.3 Å². The topological polar surface area (TPSA) is 35.5 Å². The smallest absolute Gasteiger partial charge is 0.192 e. The van der Waals surface area contributed by atoms with Crippen molar-refractivity contribution in [3.05, 3.63) is 25.3 Å².